The summed E-state index contributed by atoms with van der Waals surface area (Å²) in [6.45, 7) is 3.11. The zero-order valence-corrected chi connectivity index (χ0v) is 8.23. The van der Waals surface area contributed by atoms with Gasteiger partial charge in [-0.05, 0) is 39.2 Å². The Hall–Kier alpha value is -0.570. The largest absolute Gasteiger partial charge is 0.350 e. The highest BCUT2D eigenvalue weighted by molar-refractivity contribution is 5.82. The number of nitrogens with one attached hydrogen (secondary N) is 2. The Kier molecular flexibility index (Phi) is 2.28. The predicted molar refractivity (Wildman–Crippen MR) is 51.4 cm³/mol. The minimum Gasteiger partial charge on any atom is -0.350 e. The lowest BCUT2D eigenvalue weighted by Crippen LogP contribution is -2.49. The average molecular weight is 182 g/mol. The molecule has 1 aliphatic carbocycles. The molecule has 0 aromatic rings. The fourth-order valence-corrected chi connectivity index (χ4v) is 1.77. The number of carbonyl (C=O) groups excluding carboxylic acids is 1. The van der Waals surface area contributed by atoms with E-state index < -0.39 is 0 Å². The van der Waals surface area contributed by atoms with Crippen LogP contribution in [0, 0.1) is 0 Å². The molecule has 3 heteroatoms. The Morgan fingerprint density at radius 3 is 2.77 bits per heavy atom. The fourth-order valence-electron chi connectivity index (χ4n) is 1.77. The average Bonchev–Trinajstić information content (AvgIpc) is 2.85. The van der Waals surface area contributed by atoms with E-state index >= 15 is 0 Å². The molecule has 0 aromatic heterocycles. The van der Waals surface area contributed by atoms with Crippen molar-refractivity contribution in [2.75, 3.05) is 6.54 Å². The van der Waals surface area contributed by atoms with Crippen LogP contribution in [0.5, 0.6) is 0 Å². The quantitative estimate of drug-likeness (QED) is 0.663. The minimum atomic E-state index is 0.0752. The molecule has 1 atom stereocenters. The summed E-state index contributed by atoms with van der Waals surface area (Å²) in [7, 11) is 0. The van der Waals surface area contributed by atoms with Gasteiger partial charge in [0, 0.05) is 5.54 Å². The van der Waals surface area contributed by atoms with Crippen molar-refractivity contribution in [2.45, 2.75) is 50.6 Å². The first-order valence-electron chi connectivity index (χ1n) is 5.25. The van der Waals surface area contributed by atoms with Gasteiger partial charge in [0.05, 0.1) is 6.04 Å². The number of piperidine rings is 1. The van der Waals surface area contributed by atoms with Gasteiger partial charge in [0.2, 0.25) is 5.91 Å². The first-order chi connectivity index (χ1) is 6.20. The van der Waals surface area contributed by atoms with Gasteiger partial charge in [-0.25, -0.2) is 0 Å². The summed E-state index contributed by atoms with van der Waals surface area (Å²) in [4.78, 5) is 11.7. The van der Waals surface area contributed by atoms with Crippen LogP contribution in [0.1, 0.15) is 39.0 Å². The second-order valence-electron chi connectivity index (χ2n) is 4.55. The van der Waals surface area contributed by atoms with Gasteiger partial charge in [0.25, 0.3) is 0 Å². The van der Waals surface area contributed by atoms with E-state index in [1.807, 2.05) is 0 Å². The topological polar surface area (TPSA) is 41.1 Å². The zero-order valence-electron chi connectivity index (χ0n) is 8.23. The van der Waals surface area contributed by atoms with Crippen molar-refractivity contribution >= 4 is 5.91 Å². The van der Waals surface area contributed by atoms with Crippen molar-refractivity contribution in [3.8, 4) is 0 Å². The molecule has 0 unspecified atom stereocenters. The van der Waals surface area contributed by atoms with Gasteiger partial charge in [-0.1, -0.05) is 6.42 Å². The minimum absolute atomic E-state index is 0.0752. The predicted octanol–water partition coefficient (Wildman–Crippen LogP) is 0.797. The van der Waals surface area contributed by atoms with Crippen molar-refractivity contribution in [2.24, 2.45) is 0 Å². The second kappa shape index (κ2) is 3.29. The standard InChI is InChI=1S/C10H18N2O/c1-10(5-6-10)12-9(13)8-4-2-3-7-11-8/h8,11H,2-7H2,1H3,(H,12,13)/t8-/m0/s1. The molecule has 1 heterocycles. The summed E-state index contributed by atoms with van der Waals surface area (Å²) in [5, 5.41) is 6.36. The number of amides is 1. The van der Waals surface area contributed by atoms with Crippen LogP contribution in [0.3, 0.4) is 0 Å². The third-order valence-electron chi connectivity index (χ3n) is 3.05. The van der Waals surface area contributed by atoms with E-state index in [0.29, 0.717) is 0 Å². The summed E-state index contributed by atoms with van der Waals surface area (Å²) >= 11 is 0. The lowest BCUT2D eigenvalue weighted by Gasteiger charge is -2.24. The number of carbonyl (C=O) groups is 1. The molecule has 3 nitrogen and oxygen atoms in total. The fraction of sp³-hybridized carbons (Fsp3) is 0.900. The molecule has 1 saturated heterocycles. The Morgan fingerprint density at radius 2 is 2.23 bits per heavy atom. The van der Waals surface area contributed by atoms with Crippen LogP contribution in [-0.4, -0.2) is 24.0 Å². The Bertz CT molecular complexity index is 205. The summed E-state index contributed by atoms with van der Waals surface area (Å²) in [6.07, 6.45) is 5.68. The number of hydrogen-bond donors (Lipinski definition) is 2. The second-order valence-corrected chi connectivity index (χ2v) is 4.55. The highest BCUT2D eigenvalue weighted by Gasteiger charge is 2.39. The van der Waals surface area contributed by atoms with E-state index in [2.05, 4.69) is 17.6 Å². The van der Waals surface area contributed by atoms with Crippen LogP contribution in [0.4, 0.5) is 0 Å². The van der Waals surface area contributed by atoms with Crippen LogP contribution in [0.25, 0.3) is 0 Å². The molecular formula is C10H18N2O. The molecule has 74 valence electrons. The van der Waals surface area contributed by atoms with E-state index in [0.717, 1.165) is 25.8 Å². The van der Waals surface area contributed by atoms with Gasteiger partial charge < -0.3 is 10.6 Å². The summed E-state index contributed by atoms with van der Waals surface area (Å²) < 4.78 is 0. The van der Waals surface area contributed by atoms with Gasteiger partial charge in [-0.2, -0.15) is 0 Å². The van der Waals surface area contributed by atoms with E-state index in [9.17, 15) is 4.79 Å². The van der Waals surface area contributed by atoms with E-state index in [4.69, 9.17) is 0 Å². The van der Waals surface area contributed by atoms with Crippen molar-refractivity contribution < 1.29 is 4.79 Å². The van der Waals surface area contributed by atoms with Crippen LogP contribution < -0.4 is 10.6 Å². The summed E-state index contributed by atoms with van der Waals surface area (Å²) in [5.74, 6) is 0.208. The number of hydrogen-bond acceptors (Lipinski definition) is 2. The lowest BCUT2D eigenvalue weighted by molar-refractivity contribution is -0.124. The highest BCUT2D eigenvalue weighted by atomic mass is 16.2. The van der Waals surface area contributed by atoms with Crippen molar-refractivity contribution in [3.05, 3.63) is 0 Å². The van der Waals surface area contributed by atoms with Crippen LogP contribution in [0.15, 0.2) is 0 Å². The van der Waals surface area contributed by atoms with Gasteiger partial charge >= 0.3 is 0 Å². The summed E-state index contributed by atoms with van der Waals surface area (Å²) in [5.41, 5.74) is 0.135. The van der Waals surface area contributed by atoms with Gasteiger partial charge in [0.1, 0.15) is 0 Å². The molecule has 2 rings (SSSR count). The molecule has 2 fully saturated rings. The van der Waals surface area contributed by atoms with Crippen LogP contribution in [0.2, 0.25) is 0 Å². The highest BCUT2D eigenvalue weighted by Crippen LogP contribution is 2.34. The smallest absolute Gasteiger partial charge is 0.237 e. The Morgan fingerprint density at radius 1 is 1.46 bits per heavy atom. The normalized spacial score (nSPS) is 31.0. The monoisotopic (exact) mass is 182 g/mol. The van der Waals surface area contributed by atoms with Crippen molar-refractivity contribution in [3.63, 3.8) is 0 Å². The third-order valence-corrected chi connectivity index (χ3v) is 3.05. The maximum atomic E-state index is 11.7. The molecule has 1 saturated carbocycles. The summed E-state index contributed by atoms with van der Waals surface area (Å²) in [6, 6.07) is 0.0752. The molecule has 0 radical (unpaired) electrons. The lowest BCUT2D eigenvalue weighted by atomic mass is 10.0. The van der Waals surface area contributed by atoms with Gasteiger partial charge in [-0.15, -0.1) is 0 Å². The number of rotatable bonds is 2. The van der Waals surface area contributed by atoms with Crippen LogP contribution >= 0.6 is 0 Å². The van der Waals surface area contributed by atoms with Crippen molar-refractivity contribution in [1.82, 2.24) is 10.6 Å². The maximum absolute atomic E-state index is 11.7. The molecule has 2 N–H and O–H groups in total. The van der Waals surface area contributed by atoms with Gasteiger partial charge in [0.15, 0.2) is 0 Å². The maximum Gasteiger partial charge on any atom is 0.237 e. The first kappa shape index (κ1) is 9.00. The first-order valence-corrected chi connectivity index (χ1v) is 5.25. The molecule has 13 heavy (non-hydrogen) atoms. The molecular weight excluding hydrogens is 164 g/mol. The van der Waals surface area contributed by atoms with Gasteiger partial charge in [-0.3, -0.25) is 4.79 Å². The van der Waals surface area contributed by atoms with E-state index in [1.165, 1.54) is 12.8 Å². The van der Waals surface area contributed by atoms with Crippen LogP contribution in [-0.2, 0) is 4.79 Å². The Balaban J connectivity index is 1.81. The molecule has 2 aliphatic rings. The van der Waals surface area contributed by atoms with E-state index in [1.54, 1.807) is 0 Å². The molecule has 0 spiro atoms. The molecule has 1 amide bonds. The molecule has 1 aliphatic heterocycles. The Labute approximate surface area is 79.3 Å². The molecule has 0 bridgehead atoms. The van der Waals surface area contributed by atoms with Crippen molar-refractivity contribution in [1.29, 1.82) is 0 Å². The SMILES string of the molecule is CC1(NC(=O)[C@@H]2CCCCN2)CC1. The molecule has 0 aromatic carbocycles. The third kappa shape index (κ3) is 2.21. The van der Waals surface area contributed by atoms with E-state index in [-0.39, 0.29) is 17.5 Å². The zero-order chi connectivity index (χ0) is 9.31.